The number of aliphatic hydroxyl groups excluding tert-OH is 1. The van der Waals surface area contributed by atoms with Gasteiger partial charge in [-0.1, -0.05) is 36.4 Å². The van der Waals surface area contributed by atoms with Crippen molar-refractivity contribution in [3.05, 3.63) is 95.3 Å². The van der Waals surface area contributed by atoms with Crippen LogP contribution in [0, 0.1) is 12.7 Å². The number of anilines is 1. The van der Waals surface area contributed by atoms with Crippen LogP contribution >= 0.6 is 0 Å². The number of benzene rings is 3. The Morgan fingerprint density at radius 2 is 1.70 bits per heavy atom. The van der Waals surface area contributed by atoms with Crippen molar-refractivity contribution in [1.82, 2.24) is 5.32 Å². The Bertz CT molecular complexity index is 1130. The van der Waals surface area contributed by atoms with Gasteiger partial charge in [-0.15, -0.1) is 0 Å². The molecule has 0 bridgehead atoms. The lowest BCUT2D eigenvalue weighted by Gasteiger charge is -2.14. The van der Waals surface area contributed by atoms with E-state index in [1.165, 1.54) is 30.3 Å². The van der Waals surface area contributed by atoms with Crippen molar-refractivity contribution < 1.29 is 22.7 Å². The molecule has 0 aliphatic carbocycles. The Labute approximate surface area is 174 Å². The van der Waals surface area contributed by atoms with E-state index >= 15 is 0 Å². The van der Waals surface area contributed by atoms with E-state index in [1.807, 2.05) is 6.07 Å². The molecule has 156 valence electrons. The maximum absolute atomic E-state index is 13.0. The molecule has 0 heterocycles. The number of aryl methyl sites for hydroxylation is 1. The molecule has 0 radical (unpaired) electrons. The molecule has 8 heteroatoms. The first kappa shape index (κ1) is 21.5. The highest BCUT2D eigenvalue weighted by atomic mass is 32.2. The third-order valence-corrected chi connectivity index (χ3v) is 6.00. The third-order valence-electron chi connectivity index (χ3n) is 4.48. The van der Waals surface area contributed by atoms with E-state index in [0.717, 1.165) is 12.1 Å². The van der Waals surface area contributed by atoms with Gasteiger partial charge in [0.2, 0.25) is 0 Å². The summed E-state index contributed by atoms with van der Waals surface area (Å²) >= 11 is 0. The molecule has 1 atom stereocenters. The number of halogens is 1. The smallest absolute Gasteiger partial charge is 0.262 e. The number of rotatable bonds is 7. The number of carbonyl (C=O) groups is 1. The van der Waals surface area contributed by atoms with Gasteiger partial charge in [-0.3, -0.25) is 9.52 Å². The molecule has 3 aromatic carbocycles. The minimum absolute atomic E-state index is 0.0212. The highest BCUT2D eigenvalue weighted by Crippen LogP contribution is 2.21. The third kappa shape index (κ3) is 5.22. The van der Waals surface area contributed by atoms with Gasteiger partial charge in [-0.25, -0.2) is 12.8 Å². The van der Waals surface area contributed by atoms with E-state index in [9.17, 15) is 22.7 Å². The van der Waals surface area contributed by atoms with Crippen molar-refractivity contribution in [3.8, 4) is 0 Å². The molecule has 0 fully saturated rings. The number of nitrogens with one attached hydrogen (secondary N) is 2. The van der Waals surface area contributed by atoms with Crippen LogP contribution in [0.25, 0.3) is 0 Å². The molecule has 0 aliphatic rings. The first-order valence-electron chi connectivity index (χ1n) is 9.16. The van der Waals surface area contributed by atoms with Crippen molar-refractivity contribution in [2.24, 2.45) is 0 Å². The summed E-state index contributed by atoms with van der Waals surface area (Å²) in [6, 6.07) is 18.1. The van der Waals surface area contributed by atoms with Gasteiger partial charge < -0.3 is 10.4 Å². The molecule has 6 nitrogen and oxygen atoms in total. The predicted octanol–water partition coefficient (Wildman–Crippen LogP) is 3.40. The number of hydrogen-bond donors (Lipinski definition) is 3. The minimum atomic E-state index is -3.99. The Morgan fingerprint density at radius 1 is 1.03 bits per heavy atom. The number of hydrogen-bond acceptors (Lipinski definition) is 4. The molecule has 0 aromatic heterocycles. The summed E-state index contributed by atoms with van der Waals surface area (Å²) in [5.41, 5.74) is 1.45. The Hall–Kier alpha value is -3.23. The summed E-state index contributed by atoms with van der Waals surface area (Å²) in [6.07, 6.45) is -0.885. The van der Waals surface area contributed by atoms with Gasteiger partial charge in [-0.05, 0) is 54.4 Å². The summed E-state index contributed by atoms with van der Waals surface area (Å²) in [6.45, 7) is 1.59. The zero-order valence-electron chi connectivity index (χ0n) is 16.2. The number of aliphatic hydroxyl groups is 1. The van der Waals surface area contributed by atoms with Gasteiger partial charge in [-0.2, -0.15) is 0 Å². The van der Waals surface area contributed by atoms with Gasteiger partial charge in [0.25, 0.3) is 15.9 Å². The van der Waals surface area contributed by atoms with Crippen molar-refractivity contribution in [3.63, 3.8) is 0 Å². The number of sulfonamides is 1. The average molecular weight is 428 g/mol. The Kier molecular flexibility index (Phi) is 6.49. The maximum Gasteiger partial charge on any atom is 0.262 e. The van der Waals surface area contributed by atoms with Crippen molar-refractivity contribution in [1.29, 1.82) is 0 Å². The number of carbonyl (C=O) groups excluding carboxylic acids is 1. The van der Waals surface area contributed by atoms with E-state index in [-0.39, 0.29) is 22.7 Å². The molecule has 30 heavy (non-hydrogen) atoms. The summed E-state index contributed by atoms with van der Waals surface area (Å²) in [4.78, 5) is 12.4. The Morgan fingerprint density at radius 3 is 2.37 bits per heavy atom. The summed E-state index contributed by atoms with van der Waals surface area (Å²) in [5.74, 6) is -0.992. The highest BCUT2D eigenvalue weighted by molar-refractivity contribution is 7.92. The summed E-state index contributed by atoms with van der Waals surface area (Å²) in [7, 11) is -3.99. The molecule has 3 rings (SSSR count). The second kappa shape index (κ2) is 9.06. The van der Waals surface area contributed by atoms with E-state index in [4.69, 9.17) is 0 Å². The average Bonchev–Trinajstić information content (AvgIpc) is 2.74. The van der Waals surface area contributed by atoms with Crippen LogP contribution in [-0.2, 0) is 10.0 Å². The fourth-order valence-electron chi connectivity index (χ4n) is 2.84. The lowest BCUT2D eigenvalue weighted by molar-refractivity contribution is 0.0916. The second-order valence-electron chi connectivity index (χ2n) is 6.73. The fourth-order valence-corrected chi connectivity index (χ4v) is 4.17. The topological polar surface area (TPSA) is 95.5 Å². The van der Waals surface area contributed by atoms with Crippen molar-refractivity contribution in [2.45, 2.75) is 17.9 Å². The van der Waals surface area contributed by atoms with Crippen molar-refractivity contribution in [2.75, 3.05) is 11.3 Å². The normalized spacial score (nSPS) is 12.2. The molecule has 1 unspecified atom stereocenters. The monoisotopic (exact) mass is 428 g/mol. The molecule has 0 saturated heterocycles. The van der Waals surface area contributed by atoms with Crippen LogP contribution in [0.4, 0.5) is 10.1 Å². The molecule has 3 aromatic rings. The second-order valence-corrected chi connectivity index (χ2v) is 8.38. The van der Waals surface area contributed by atoms with Crippen LogP contribution in [0.1, 0.15) is 27.6 Å². The van der Waals surface area contributed by atoms with Crippen LogP contribution in [0.15, 0.2) is 77.7 Å². The van der Waals surface area contributed by atoms with Crippen molar-refractivity contribution >= 4 is 21.6 Å². The van der Waals surface area contributed by atoms with Gasteiger partial charge in [0.15, 0.2) is 0 Å². The van der Waals surface area contributed by atoms with Crippen LogP contribution in [-0.4, -0.2) is 26.0 Å². The van der Waals surface area contributed by atoms with E-state index < -0.39 is 27.9 Å². The first-order valence-corrected chi connectivity index (χ1v) is 10.6. The molecular weight excluding hydrogens is 407 g/mol. The molecule has 3 N–H and O–H groups in total. The van der Waals surface area contributed by atoms with E-state index in [0.29, 0.717) is 11.1 Å². The summed E-state index contributed by atoms with van der Waals surface area (Å²) in [5, 5.41) is 12.8. The Balaban J connectivity index is 1.75. The first-order chi connectivity index (χ1) is 14.3. The lowest BCUT2D eigenvalue weighted by atomic mass is 10.1. The standard InChI is InChI=1S/C22H21FN2O4S/c1-15-7-8-17(22(27)24-14-20(26)16-5-3-2-4-6-16)13-21(15)30(28,29)25-19-11-9-18(23)10-12-19/h2-13,20,25-26H,14H2,1H3,(H,24,27). The van der Waals surface area contributed by atoms with Gasteiger partial charge in [0, 0.05) is 17.8 Å². The van der Waals surface area contributed by atoms with Crippen LogP contribution < -0.4 is 10.0 Å². The van der Waals surface area contributed by atoms with Gasteiger partial charge in [0.1, 0.15) is 5.82 Å². The highest BCUT2D eigenvalue weighted by Gasteiger charge is 2.20. The molecule has 1 amide bonds. The molecule has 0 aliphatic heterocycles. The van der Waals surface area contributed by atoms with E-state index in [2.05, 4.69) is 10.0 Å². The molecular formula is C22H21FN2O4S. The SMILES string of the molecule is Cc1ccc(C(=O)NCC(O)c2ccccc2)cc1S(=O)(=O)Nc1ccc(F)cc1. The maximum atomic E-state index is 13.0. The van der Waals surface area contributed by atoms with E-state index in [1.54, 1.807) is 31.2 Å². The fraction of sp³-hybridized carbons (Fsp3) is 0.136. The zero-order chi connectivity index (χ0) is 21.7. The number of amides is 1. The van der Waals surface area contributed by atoms with Crippen LogP contribution in [0.3, 0.4) is 0 Å². The molecule has 0 spiro atoms. The zero-order valence-corrected chi connectivity index (χ0v) is 17.0. The van der Waals surface area contributed by atoms with Crippen LogP contribution in [0.5, 0.6) is 0 Å². The summed E-state index contributed by atoms with van der Waals surface area (Å²) < 4.78 is 40.9. The van der Waals surface area contributed by atoms with Crippen LogP contribution in [0.2, 0.25) is 0 Å². The van der Waals surface area contributed by atoms with Gasteiger partial charge in [0.05, 0.1) is 11.0 Å². The predicted molar refractivity (Wildman–Crippen MR) is 112 cm³/mol. The minimum Gasteiger partial charge on any atom is -0.387 e. The quantitative estimate of drug-likeness (QED) is 0.538. The lowest BCUT2D eigenvalue weighted by Crippen LogP contribution is -2.28. The molecule has 0 saturated carbocycles. The van der Waals surface area contributed by atoms with Gasteiger partial charge >= 0.3 is 0 Å². The largest absolute Gasteiger partial charge is 0.387 e.